The fourth-order valence-corrected chi connectivity index (χ4v) is 4.12. The maximum atomic E-state index is 6.20. The summed E-state index contributed by atoms with van der Waals surface area (Å²) in [7, 11) is 0. The molecule has 0 aliphatic carbocycles. The van der Waals surface area contributed by atoms with E-state index in [1.807, 2.05) is 36.0 Å². The van der Waals surface area contributed by atoms with Crippen molar-refractivity contribution in [2.75, 3.05) is 37.6 Å². The Labute approximate surface area is 184 Å². The summed E-state index contributed by atoms with van der Waals surface area (Å²) >= 11 is 7.78. The molecule has 1 aliphatic rings. The Kier molecular flexibility index (Phi) is 6.83. The van der Waals surface area contributed by atoms with Crippen molar-refractivity contribution in [2.45, 2.75) is 6.42 Å². The van der Waals surface area contributed by atoms with Crippen molar-refractivity contribution in [2.24, 2.45) is 10.7 Å². The number of aliphatic imine (C=N–C) groups is 1. The summed E-state index contributed by atoms with van der Waals surface area (Å²) in [5, 5.41) is 5.00. The lowest BCUT2D eigenvalue weighted by Crippen LogP contribution is -2.51. The lowest BCUT2D eigenvalue weighted by molar-refractivity contribution is 0.380. The van der Waals surface area contributed by atoms with Crippen molar-refractivity contribution in [1.82, 2.24) is 14.9 Å². The zero-order valence-electron chi connectivity index (χ0n) is 14.8. The van der Waals surface area contributed by atoms with Crippen LogP contribution in [0.4, 0.5) is 5.13 Å². The van der Waals surface area contributed by atoms with Crippen LogP contribution in [0.2, 0.25) is 5.02 Å². The minimum atomic E-state index is 0. The number of guanidine groups is 1. The number of nitrogens with two attached hydrogens (primary N) is 1. The second kappa shape index (κ2) is 9.11. The molecule has 1 fully saturated rings. The first kappa shape index (κ1) is 20.2. The Morgan fingerprint density at radius 2 is 2.11 bits per heavy atom. The largest absolute Gasteiger partial charge is 0.370 e. The molecule has 0 amide bonds. The van der Waals surface area contributed by atoms with Gasteiger partial charge in [0.2, 0.25) is 0 Å². The van der Waals surface area contributed by atoms with E-state index in [1.54, 1.807) is 11.3 Å². The minimum absolute atomic E-state index is 0. The van der Waals surface area contributed by atoms with Gasteiger partial charge in [-0.1, -0.05) is 11.6 Å². The van der Waals surface area contributed by atoms with Gasteiger partial charge in [-0.15, -0.1) is 35.3 Å². The summed E-state index contributed by atoms with van der Waals surface area (Å²) in [5.41, 5.74) is 8.52. The summed E-state index contributed by atoms with van der Waals surface area (Å²) in [6.45, 7) is 4.25. The van der Waals surface area contributed by atoms with E-state index < -0.39 is 0 Å². The number of benzene rings is 1. The average molecular weight is 517 g/mol. The lowest BCUT2D eigenvalue weighted by atomic mass is 10.1. The molecule has 9 heteroatoms. The number of hydrogen-bond acceptors (Lipinski definition) is 4. The van der Waals surface area contributed by atoms with Crippen LogP contribution in [0.5, 0.6) is 0 Å². The highest BCUT2D eigenvalue weighted by atomic mass is 127. The molecule has 1 aromatic carbocycles. The second-order valence-corrected chi connectivity index (χ2v) is 7.59. The zero-order valence-corrected chi connectivity index (χ0v) is 18.7. The minimum Gasteiger partial charge on any atom is -0.370 e. The highest BCUT2D eigenvalue weighted by Gasteiger charge is 2.19. The van der Waals surface area contributed by atoms with Crippen LogP contribution in [-0.2, 0) is 6.42 Å². The summed E-state index contributed by atoms with van der Waals surface area (Å²) < 4.78 is 0. The van der Waals surface area contributed by atoms with Crippen LogP contribution < -0.4 is 10.6 Å². The third-order valence-corrected chi connectivity index (χ3v) is 5.75. The normalized spacial score (nSPS) is 15.2. The highest BCUT2D eigenvalue weighted by molar-refractivity contribution is 14.0. The quantitative estimate of drug-likeness (QED) is 0.316. The first-order valence-electron chi connectivity index (χ1n) is 8.65. The van der Waals surface area contributed by atoms with E-state index in [1.165, 1.54) is 5.56 Å². The average Bonchev–Trinajstić information content (AvgIpc) is 3.32. The maximum Gasteiger partial charge on any atom is 0.191 e. The summed E-state index contributed by atoms with van der Waals surface area (Å²) in [6, 6.07) is 5.89. The molecule has 0 unspecified atom stereocenters. The van der Waals surface area contributed by atoms with Crippen molar-refractivity contribution in [3.63, 3.8) is 0 Å². The Balaban J connectivity index is 0.00000210. The Morgan fingerprint density at radius 3 is 2.85 bits per heavy atom. The molecular weight excluding hydrogens is 495 g/mol. The predicted octanol–water partition coefficient (Wildman–Crippen LogP) is 3.58. The van der Waals surface area contributed by atoms with Gasteiger partial charge in [-0.25, -0.2) is 4.98 Å². The predicted molar refractivity (Wildman–Crippen MR) is 125 cm³/mol. The summed E-state index contributed by atoms with van der Waals surface area (Å²) in [5.74, 6) is 0.627. The monoisotopic (exact) mass is 516 g/mol. The molecule has 0 bridgehead atoms. The van der Waals surface area contributed by atoms with Crippen LogP contribution in [-0.4, -0.2) is 53.6 Å². The molecule has 0 saturated carbocycles. The fourth-order valence-electron chi connectivity index (χ4n) is 3.25. The number of rotatable bonds is 4. The smallest absolute Gasteiger partial charge is 0.191 e. The standard InChI is InChI=1S/C18H21ClN6S.HI/c19-14-1-2-16-15(11-14)13(12-23-16)3-4-21-17(20)24-6-8-25(9-7-24)18-22-5-10-26-18;/h1-2,5,10-12,23H,3-4,6-9H2,(H2,20,21);1H. The number of aromatic amines is 1. The topological polar surface area (TPSA) is 73.5 Å². The molecule has 2 aromatic heterocycles. The molecule has 3 heterocycles. The molecule has 3 N–H and O–H groups in total. The molecule has 1 saturated heterocycles. The first-order chi connectivity index (χ1) is 12.7. The van der Waals surface area contributed by atoms with Gasteiger partial charge in [-0.3, -0.25) is 4.99 Å². The number of nitrogens with zero attached hydrogens (tertiary/aromatic N) is 4. The molecule has 6 nitrogen and oxygen atoms in total. The van der Waals surface area contributed by atoms with Gasteiger partial charge in [0.1, 0.15) is 0 Å². The van der Waals surface area contributed by atoms with Gasteiger partial charge >= 0.3 is 0 Å². The van der Waals surface area contributed by atoms with Gasteiger partial charge in [0.15, 0.2) is 11.1 Å². The van der Waals surface area contributed by atoms with E-state index in [0.717, 1.165) is 53.7 Å². The SMILES string of the molecule is I.NC(=NCCc1c[nH]c2ccc(Cl)cc12)N1CCN(c2nccs2)CC1. The van der Waals surface area contributed by atoms with E-state index >= 15 is 0 Å². The maximum absolute atomic E-state index is 6.20. The summed E-state index contributed by atoms with van der Waals surface area (Å²) in [4.78, 5) is 16.7. The van der Waals surface area contributed by atoms with E-state index in [-0.39, 0.29) is 24.0 Å². The van der Waals surface area contributed by atoms with E-state index in [2.05, 4.69) is 24.8 Å². The molecule has 144 valence electrons. The second-order valence-electron chi connectivity index (χ2n) is 6.28. The molecule has 3 aromatic rings. The van der Waals surface area contributed by atoms with Gasteiger partial charge in [-0.2, -0.15) is 0 Å². The molecule has 0 radical (unpaired) electrons. The number of H-pyrrole nitrogens is 1. The van der Waals surface area contributed by atoms with Crippen molar-refractivity contribution in [3.8, 4) is 0 Å². The highest BCUT2D eigenvalue weighted by Crippen LogP contribution is 2.23. The molecule has 0 spiro atoms. The number of halogens is 2. The van der Waals surface area contributed by atoms with Crippen LogP contribution in [0.25, 0.3) is 10.9 Å². The molecule has 4 rings (SSSR count). The van der Waals surface area contributed by atoms with Crippen molar-refractivity contribution in [3.05, 3.63) is 46.6 Å². The number of nitrogens with one attached hydrogen (secondary N) is 1. The van der Waals surface area contributed by atoms with Gasteiger partial charge in [-0.05, 0) is 30.2 Å². The Bertz CT molecular complexity index is 902. The van der Waals surface area contributed by atoms with Crippen molar-refractivity contribution >= 4 is 68.9 Å². The van der Waals surface area contributed by atoms with Crippen LogP contribution in [0.3, 0.4) is 0 Å². The van der Waals surface area contributed by atoms with Crippen LogP contribution in [0.1, 0.15) is 5.56 Å². The van der Waals surface area contributed by atoms with Gasteiger partial charge in [0, 0.05) is 66.4 Å². The number of aromatic nitrogens is 2. The number of piperazine rings is 1. The molecule has 0 atom stereocenters. The lowest BCUT2D eigenvalue weighted by Gasteiger charge is -2.35. The van der Waals surface area contributed by atoms with E-state index in [0.29, 0.717) is 12.5 Å². The number of hydrogen-bond donors (Lipinski definition) is 2. The Morgan fingerprint density at radius 1 is 1.30 bits per heavy atom. The van der Waals surface area contributed by atoms with E-state index in [9.17, 15) is 0 Å². The van der Waals surface area contributed by atoms with E-state index in [4.69, 9.17) is 17.3 Å². The van der Waals surface area contributed by atoms with Crippen LogP contribution in [0, 0.1) is 0 Å². The Hall–Kier alpha value is -1.52. The third-order valence-electron chi connectivity index (χ3n) is 4.68. The van der Waals surface area contributed by atoms with Gasteiger partial charge in [0.25, 0.3) is 0 Å². The number of thiazole rings is 1. The number of anilines is 1. The molecule has 1 aliphatic heterocycles. The van der Waals surface area contributed by atoms with Crippen LogP contribution in [0.15, 0.2) is 41.0 Å². The number of fused-ring (bicyclic) bond motifs is 1. The molecular formula is C18H22ClIN6S. The molecule has 27 heavy (non-hydrogen) atoms. The van der Waals surface area contributed by atoms with Crippen LogP contribution >= 0.6 is 46.9 Å². The first-order valence-corrected chi connectivity index (χ1v) is 9.91. The fraction of sp³-hybridized carbons (Fsp3) is 0.333. The van der Waals surface area contributed by atoms with Gasteiger partial charge in [0.05, 0.1) is 0 Å². The van der Waals surface area contributed by atoms with Gasteiger partial charge < -0.3 is 20.5 Å². The summed E-state index contributed by atoms with van der Waals surface area (Å²) in [6.07, 6.45) is 4.71. The third kappa shape index (κ3) is 4.67. The zero-order chi connectivity index (χ0) is 17.9. The van der Waals surface area contributed by atoms with Crippen molar-refractivity contribution < 1.29 is 0 Å². The van der Waals surface area contributed by atoms with Crippen molar-refractivity contribution in [1.29, 1.82) is 0 Å².